The van der Waals surface area contributed by atoms with E-state index in [0.29, 0.717) is 11.2 Å². The zero-order chi connectivity index (χ0) is 15.5. The Bertz CT molecular complexity index is 817. The first-order valence-corrected chi connectivity index (χ1v) is 6.86. The average molecular weight is 293 g/mol. The number of amides is 1. The van der Waals surface area contributed by atoms with Crippen LogP contribution >= 0.6 is 0 Å². The Balaban J connectivity index is 2.14. The molecule has 0 N–H and O–H groups in total. The predicted octanol–water partition coefficient (Wildman–Crippen LogP) is 3.36. The van der Waals surface area contributed by atoms with Gasteiger partial charge in [-0.15, -0.1) is 0 Å². The molecule has 0 saturated heterocycles. The lowest BCUT2D eigenvalue weighted by Crippen LogP contribution is -2.25. The summed E-state index contributed by atoms with van der Waals surface area (Å²) in [4.78, 5) is 22.2. The van der Waals surface area contributed by atoms with Crippen LogP contribution in [0.2, 0.25) is 0 Å². The van der Waals surface area contributed by atoms with Crippen molar-refractivity contribution in [2.45, 2.75) is 0 Å². The molecule has 0 saturated carbocycles. The first kappa shape index (κ1) is 14.0. The SMILES string of the molecule is CN(C)C(=O)Oc1nc(-c2ccccc2)nc2ccccc12. The predicted molar refractivity (Wildman–Crippen MR) is 84.7 cm³/mol. The molecule has 3 rings (SSSR count). The van der Waals surface area contributed by atoms with E-state index in [1.165, 1.54) is 4.90 Å². The molecule has 22 heavy (non-hydrogen) atoms. The second kappa shape index (κ2) is 5.81. The molecule has 0 atom stereocenters. The summed E-state index contributed by atoms with van der Waals surface area (Å²) >= 11 is 0. The number of para-hydroxylation sites is 1. The number of rotatable bonds is 2. The Hall–Kier alpha value is -2.95. The topological polar surface area (TPSA) is 55.3 Å². The summed E-state index contributed by atoms with van der Waals surface area (Å²) < 4.78 is 5.39. The second-order valence-corrected chi connectivity index (χ2v) is 5.00. The molecule has 0 aliphatic heterocycles. The van der Waals surface area contributed by atoms with Crippen LogP contribution in [-0.2, 0) is 0 Å². The molecular formula is C17H15N3O2. The summed E-state index contributed by atoms with van der Waals surface area (Å²) in [5.41, 5.74) is 1.60. The minimum absolute atomic E-state index is 0.267. The molecule has 1 heterocycles. The van der Waals surface area contributed by atoms with Gasteiger partial charge in [0.15, 0.2) is 5.82 Å². The van der Waals surface area contributed by atoms with Gasteiger partial charge >= 0.3 is 6.09 Å². The maximum absolute atomic E-state index is 11.8. The quantitative estimate of drug-likeness (QED) is 0.727. The molecule has 0 spiro atoms. The molecule has 0 radical (unpaired) electrons. The van der Waals surface area contributed by atoms with Crippen molar-refractivity contribution in [3.63, 3.8) is 0 Å². The van der Waals surface area contributed by atoms with Crippen molar-refractivity contribution in [2.24, 2.45) is 0 Å². The fourth-order valence-electron chi connectivity index (χ4n) is 2.02. The molecule has 0 bridgehead atoms. The van der Waals surface area contributed by atoms with Gasteiger partial charge in [-0.2, -0.15) is 4.98 Å². The van der Waals surface area contributed by atoms with Crippen molar-refractivity contribution in [2.75, 3.05) is 14.1 Å². The van der Waals surface area contributed by atoms with Crippen LogP contribution in [0.5, 0.6) is 5.88 Å². The molecule has 0 fully saturated rings. The van der Waals surface area contributed by atoms with Gasteiger partial charge in [0.25, 0.3) is 0 Å². The third-order valence-corrected chi connectivity index (χ3v) is 3.15. The molecule has 3 aromatic rings. The van der Waals surface area contributed by atoms with E-state index < -0.39 is 6.09 Å². The zero-order valence-corrected chi connectivity index (χ0v) is 12.4. The van der Waals surface area contributed by atoms with Crippen LogP contribution in [0.1, 0.15) is 0 Å². The van der Waals surface area contributed by atoms with E-state index in [1.807, 2.05) is 54.6 Å². The van der Waals surface area contributed by atoms with E-state index >= 15 is 0 Å². The highest BCUT2D eigenvalue weighted by Crippen LogP contribution is 2.26. The summed E-state index contributed by atoms with van der Waals surface area (Å²) in [6.07, 6.45) is -0.470. The monoisotopic (exact) mass is 293 g/mol. The number of nitrogens with zero attached hydrogens (tertiary/aromatic N) is 3. The molecule has 5 heteroatoms. The minimum Gasteiger partial charge on any atom is -0.390 e. The van der Waals surface area contributed by atoms with Crippen molar-refractivity contribution in [1.82, 2.24) is 14.9 Å². The highest BCUT2D eigenvalue weighted by Gasteiger charge is 2.14. The molecular weight excluding hydrogens is 278 g/mol. The first-order valence-electron chi connectivity index (χ1n) is 6.86. The molecule has 0 aliphatic carbocycles. The number of carbonyl (C=O) groups is 1. The van der Waals surface area contributed by atoms with E-state index in [0.717, 1.165) is 11.1 Å². The van der Waals surface area contributed by atoms with Gasteiger partial charge in [-0.3, -0.25) is 0 Å². The van der Waals surface area contributed by atoms with Crippen molar-refractivity contribution in [1.29, 1.82) is 0 Å². The van der Waals surface area contributed by atoms with E-state index in [1.54, 1.807) is 14.1 Å². The van der Waals surface area contributed by atoms with Crippen LogP contribution in [0.3, 0.4) is 0 Å². The van der Waals surface area contributed by atoms with Crippen LogP contribution in [0, 0.1) is 0 Å². The Morgan fingerprint density at radius 2 is 1.64 bits per heavy atom. The van der Waals surface area contributed by atoms with Gasteiger partial charge in [0.05, 0.1) is 10.9 Å². The number of hydrogen-bond donors (Lipinski definition) is 0. The number of hydrogen-bond acceptors (Lipinski definition) is 4. The molecule has 0 aliphatic rings. The van der Waals surface area contributed by atoms with Gasteiger partial charge in [0.1, 0.15) is 0 Å². The van der Waals surface area contributed by atoms with E-state index in [4.69, 9.17) is 4.74 Å². The van der Waals surface area contributed by atoms with Crippen LogP contribution in [0.15, 0.2) is 54.6 Å². The fraction of sp³-hybridized carbons (Fsp3) is 0.118. The second-order valence-electron chi connectivity index (χ2n) is 5.00. The van der Waals surface area contributed by atoms with Gasteiger partial charge in [0, 0.05) is 19.7 Å². The standard InChI is InChI=1S/C17H15N3O2/c1-20(2)17(21)22-16-13-10-6-7-11-14(13)18-15(19-16)12-8-4-3-5-9-12/h3-11H,1-2H3. The van der Waals surface area contributed by atoms with E-state index in [-0.39, 0.29) is 5.88 Å². The van der Waals surface area contributed by atoms with Gasteiger partial charge in [-0.1, -0.05) is 42.5 Å². The van der Waals surface area contributed by atoms with Crippen LogP contribution in [0.25, 0.3) is 22.3 Å². The largest absolute Gasteiger partial charge is 0.416 e. The number of fused-ring (bicyclic) bond motifs is 1. The summed E-state index contributed by atoms with van der Waals surface area (Å²) in [6.45, 7) is 0. The number of carbonyl (C=O) groups excluding carboxylic acids is 1. The van der Waals surface area contributed by atoms with Crippen molar-refractivity contribution >= 4 is 17.0 Å². The third kappa shape index (κ3) is 2.74. The maximum Gasteiger partial charge on any atom is 0.416 e. The molecule has 2 aromatic carbocycles. The van der Waals surface area contributed by atoms with Gasteiger partial charge in [-0.25, -0.2) is 9.78 Å². The molecule has 1 amide bonds. The molecule has 1 aromatic heterocycles. The Morgan fingerprint density at radius 1 is 0.955 bits per heavy atom. The lowest BCUT2D eigenvalue weighted by Gasteiger charge is -2.12. The van der Waals surface area contributed by atoms with Gasteiger partial charge in [0.2, 0.25) is 5.88 Å². The van der Waals surface area contributed by atoms with Gasteiger partial charge < -0.3 is 9.64 Å². The highest BCUT2D eigenvalue weighted by atomic mass is 16.6. The Labute approximate surface area is 128 Å². The molecule has 110 valence electrons. The van der Waals surface area contributed by atoms with Gasteiger partial charge in [-0.05, 0) is 12.1 Å². The lowest BCUT2D eigenvalue weighted by molar-refractivity contribution is 0.170. The Morgan fingerprint density at radius 3 is 2.36 bits per heavy atom. The normalized spacial score (nSPS) is 10.5. The van der Waals surface area contributed by atoms with Crippen molar-refractivity contribution in [3.8, 4) is 17.3 Å². The maximum atomic E-state index is 11.8. The van der Waals surface area contributed by atoms with Crippen LogP contribution < -0.4 is 4.74 Å². The molecule has 0 unspecified atom stereocenters. The lowest BCUT2D eigenvalue weighted by atomic mass is 10.2. The van der Waals surface area contributed by atoms with Crippen LogP contribution in [0.4, 0.5) is 4.79 Å². The fourth-order valence-corrected chi connectivity index (χ4v) is 2.02. The number of benzene rings is 2. The molecule has 5 nitrogen and oxygen atoms in total. The number of aromatic nitrogens is 2. The summed E-state index contributed by atoms with van der Waals surface area (Å²) in [5, 5.41) is 0.706. The summed E-state index contributed by atoms with van der Waals surface area (Å²) in [6, 6.07) is 17.1. The summed E-state index contributed by atoms with van der Waals surface area (Å²) in [5.74, 6) is 0.795. The first-order chi connectivity index (χ1) is 10.6. The average Bonchev–Trinajstić information content (AvgIpc) is 2.55. The zero-order valence-electron chi connectivity index (χ0n) is 12.4. The third-order valence-electron chi connectivity index (χ3n) is 3.15. The minimum atomic E-state index is -0.470. The highest BCUT2D eigenvalue weighted by molar-refractivity contribution is 5.87. The van der Waals surface area contributed by atoms with E-state index in [9.17, 15) is 4.79 Å². The van der Waals surface area contributed by atoms with Crippen molar-refractivity contribution in [3.05, 3.63) is 54.6 Å². The summed E-state index contributed by atoms with van der Waals surface area (Å²) in [7, 11) is 3.26. The van der Waals surface area contributed by atoms with Crippen molar-refractivity contribution < 1.29 is 9.53 Å². The van der Waals surface area contributed by atoms with Crippen LogP contribution in [-0.4, -0.2) is 35.1 Å². The Kier molecular flexibility index (Phi) is 3.70. The number of ether oxygens (including phenoxy) is 1. The van der Waals surface area contributed by atoms with E-state index in [2.05, 4.69) is 9.97 Å². The smallest absolute Gasteiger partial charge is 0.390 e.